The SMILES string of the molecule is COC(=O)[C@@H](NC(=O)N1C(=O)[C@@]2(c3cc(C#CC4=CCCCC4)ccc31)[C@H](c1cccc(OCCO)c1)N1[C@H](c3ccccc3)[C@H](c3ccccc3)OC(=O)[C@H]1[C@@H]2C(=O)N1CCCCCCC1)C(C)C. The van der Waals surface area contributed by atoms with E-state index in [1.807, 2.05) is 82.6 Å². The topological polar surface area (TPSA) is 155 Å². The number of hydrogen-bond donors (Lipinski definition) is 2. The molecule has 7 atom stereocenters. The van der Waals surface area contributed by atoms with E-state index in [0.29, 0.717) is 41.1 Å². The van der Waals surface area contributed by atoms with Crippen LogP contribution in [0.5, 0.6) is 5.75 Å². The van der Waals surface area contributed by atoms with Crippen molar-refractivity contribution in [1.29, 1.82) is 0 Å². The van der Waals surface area contributed by atoms with Gasteiger partial charge in [-0.25, -0.2) is 14.5 Å². The molecule has 1 spiro atoms. The smallest absolute Gasteiger partial charge is 0.329 e. The van der Waals surface area contributed by atoms with Crippen molar-refractivity contribution in [2.45, 2.75) is 107 Å². The lowest BCUT2D eigenvalue weighted by atomic mass is 9.64. The molecule has 0 radical (unpaired) electrons. The molecule has 4 aromatic carbocycles. The summed E-state index contributed by atoms with van der Waals surface area (Å²) < 4.78 is 17.9. The van der Waals surface area contributed by atoms with Crippen molar-refractivity contribution in [1.82, 2.24) is 15.1 Å². The number of nitrogens with zero attached hydrogens (tertiary/aromatic N) is 3. The number of carbonyl (C=O) groups is 5. The van der Waals surface area contributed by atoms with Gasteiger partial charge in [-0.15, -0.1) is 0 Å². The van der Waals surface area contributed by atoms with Crippen molar-refractivity contribution in [3.8, 4) is 17.6 Å². The van der Waals surface area contributed by atoms with Gasteiger partial charge in [-0.3, -0.25) is 19.3 Å². The maximum atomic E-state index is 16.8. The molecule has 3 fully saturated rings. The van der Waals surface area contributed by atoms with Crippen molar-refractivity contribution >= 4 is 35.5 Å². The highest BCUT2D eigenvalue weighted by Gasteiger charge is 2.76. The van der Waals surface area contributed by atoms with Gasteiger partial charge in [-0.2, -0.15) is 0 Å². The van der Waals surface area contributed by atoms with Crippen LogP contribution >= 0.6 is 0 Å². The Kier molecular flexibility index (Phi) is 14.5. The molecule has 4 amide bonds. The molecule has 9 rings (SSSR count). The number of rotatable bonds is 10. The molecule has 364 valence electrons. The number of morpholine rings is 1. The van der Waals surface area contributed by atoms with Crippen LogP contribution in [-0.2, 0) is 34.1 Å². The summed E-state index contributed by atoms with van der Waals surface area (Å²) in [5.41, 5.74) is 2.13. The van der Waals surface area contributed by atoms with Crippen LogP contribution in [0, 0.1) is 23.7 Å². The average Bonchev–Trinajstić information content (AvgIpc) is 3.83. The van der Waals surface area contributed by atoms with Gasteiger partial charge >= 0.3 is 18.0 Å². The van der Waals surface area contributed by atoms with Crippen LogP contribution in [0.3, 0.4) is 0 Å². The van der Waals surface area contributed by atoms with E-state index in [9.17, 15) is 9.90 Å². The molecule has 4 aliphatic heterocycles. The zero-order chi connectivity index (χ0) is 48.9. The van der Waals surface area contributed by atoms with Crippen molar-refractivity contribution < 1.29 is 43.3 Å². The summed E-state index contributed by atoms with van der Waals surface area (Å²) in [4.78, 5) is 82.1. The number of hydrogen-bond acceptors (Lipinski definition) is 10. The zero-order valence-electron chi connectivity index (χ0n) is 40.2. The molecular weight excluding hydrogens is 885 g/mol. The fourth-order valence-corrected chi connectivity index (χ4v) is 11.5. The number of carbonyl (C=O) groups excluding carboxylic acids is 5. The first-order chi connectivity index (χ1) is 34.1. The van der Waals surface area contributed by atoms with Gasteiger partial charge in [0.1, 0.15) is 36.0 Å². The minimum absolute atomic E-state index is 0.0118. The maximum Gasteiger partial charge on any atom is 0.329 e. The fourth-order valence-electron chi connectivity index (χ4n) is 11.5. The first-order valence-corrected chi connectivity index (χ1v) is 24.9. The third-order valence-corrected chi connectivity index (χ3v) is 14.7. The summed E-state index contributed by atoms with van der Waals surface area (Å²) in [5.74, 6) is 2.77. The van der Waals surface area contributed by atoms with Crippen LogP contribution in [0.25, 0.3) is 0 Å². The second-order valence-electron chi connectivity index (χ2n) is 19.3. The molecule has 70 heavy (non-hydrogen) atoms. The number of methoxy groups -OCH3 is 1. The van der Waals surface area contributed by atoms with Crippen LogP contribution in [0.4, 0.5) is 10.5 Å². The molecule has 1 aliphatic carbocycles. The number of allylic oxidation sites excluding steroid dienone is 2. The van der Waals surface area contributed by atoms with Gasteiger partial charge < -0.3 is 29.5 Å². The number of nitrogens with one attached hydrogen (secondary N) is 1. The monoisotopic (exact) mass is 946 g/mol. The van der Waals surface area contributed by atoms with Crippen molar-refractivity contribution in [2.75, 3.05) is 38.3 Å². The lowest BCUT2D eigenvalue weighted by Gasteiger charge is -2.46. The van der Waals surface area contributed by atoms with Gasteiger partial charge in [0.2, 0.25) is 11.8 Å². The Morgan fingerprint density at radius 3 is 2.19 bits per heavy atom. The molecule has 0 unspecified atom stereocenters. The molecule has 13 heteroatoms. The van der Waals surface area contributed by atoms with E-state index in [1.165, 1.54) is 7.11 Å². The highest BCUT2D eigenvalue weighted by atomic mass is 16.6. The third-order valence-electron chi connectivity index (χ3n) is 14.7. The zero-order valence-corrected chi connectivity index (χ0v) is 40.2. The van der Waals surface area contributed by atoms with E-state index in [2.05, 4.69) is 23.2 Å². The van der Waals surface area contributed by atoms with Crippen molar-refractivity contribution in [3.63, 3.8) is 0 Å². The van der Waals surface area contributed by atoms with Crippen LogP contribution in [0.1, 0.15) is 118 Å². The van der Waals surface area contributed by atoms with Gasteiger partial charge in [0.15, 0.2) is 0 Å². The van der Waals surface area contributed by atoms with Gasteiger partial charge in [0.05, 0.1) is 37.4 Å². The quantitative estimate of drug-likeness (QED) is 0.117. The first kappa shape index (κ1) is 48.3. The van der Waals surface area contributed by atoms with E-state index in [0.717, 1.165) is 73.8 Å². The van der Waals surface area contributed by atoms with Crippen LogP contribution in [0.2, 0.25) is 0 Å². The average molecular weight is 947 g/mol. The summed E-state index contributed by atoms with van der Waals surface area (Å²) in [5, 5.41) is 12.7. The Labute approximate surface area is 410 Å². The molecule has 5 aliphatic rings. The lowest BCUT2D eigenvalue weighted by Crippen LogP contribution is -2.58. The maximum absolute atomic E-state index is 16.8. The minimum atomic E-state index is -2.01. The number of cyclic esters (lactones) is 1. The van der Waals surface area contributed by atoms with Crippen LogP contribution in [0.15, 0.2) is 115 Å². The molecule has 4 heterocycles. The standard InChI is InChI=1S/C57H62N4O9/c1-37(2)47(53(64)68-3)58-56(67)60-45-30-29-39(28-27-38-19-10-7-11-20-38)35-44(45)57(55(60)66)46(52(63)59-31-16-5-4-6-17-32-59)49-54(65)70-50(41-23-14-9-15-24-41)48(40-21-12-8-13-22-40)61(49)51(57)42-25-18-26-43(36-42)69-34-33-62/h8-9,12-15,18-19,21-26,29-30,35-37,46-51,62H,4-7,10-11,16-17,20,31-34H2,1-3H3,(H,58,67)/t46-,47+,48-,49-,50+,51+,57-/m1/s1. The summed E-state index contributed by atoms with van der Waals surface area (Å²) in [6.07, 6.45) is 9.49. The highest BCUT2D eigenvalue weighted by Crippen LogP contribution is 2.66. The molecular formula is C57H62N4O9. The normalized spacial score (nSPS) is 24.8. The number of aliphatic hydroxyl groups excluding tert-OH is 1. The van der Waals surface area contributed by atoms with Gasteiger partial charge in [0, 0.05) is 18.7 Å². The van der Waals surface area contributed by atoms with Gasteiger partial charge in [-0.1, -0.05) is 124 Å². The van der Waals surface area contributed by atoms with Gasteiger partial charge in [0.25, 0.3) is 0 Å². The molecule has 0 aromatic heterocycles. The predicted octanol–water partition coefficient (Wildman–Crippen LogP) is 8.28. The third kappa shape index (κ3) is 8.99. The van der Waals surface area contributed by atoms with E-state index < -0.39 is 77.3 Å². The lowest BCUT2D eigenvalue weighted by molar-refractivity contribution is -0.179. The van der Waals surface area contributed by atoms with Crippen LogP contribution in [-0.4, -0.2) is 90.2 Å². The summed E-state index contributed by atoms with van der Waals surface area (Å²) in [7, 11) is 1.24. The molecule has 3 saturated heterocycles. The summed E-state index contributed by atoms with van der Waals surface area (Å²) in [6.45, 7) is 4.10. The number of imide groups is 1. The molecule has 0 bridgehead atoms. The Bertz CT molecular complexity index is 2690. The molecule has 4 aromatic rings. The number of benzene rings is 4. The van der Waals surface area contributed by atoms with Crippen molar-refractivity contribution in [3.05, 3.63) is 143 Å². The Hall–Kier alpha value is -6.75. The first-order valence-electron chi connectivity index (χ1n) is 24.9. The number of aliphatic hydroxyl groups is 1. The molecule has 13 nitrogen and oxygen atoms in total. The second-order valence-corrected chi connectivity index (χ2v) is 19.3. The summed E-state index contributed by atoms with van der Waals surface area (Å²) >= 11 is 0. The van der Waals surface area contributed by atoms with Gasteiger partial charge in [-0.05, 0) is 103 Å². The minimum Gasteiger partial charge on any atom is -0.491 e. The number of urea groups is 1. The number of likely N-dealkylation sites (tertiary alicyclic amines) is 1. The fraction of sp³-hybridized carbons (Fsp3) is 0.421. The Morgan fingerprint density at radius 2 is 1.51 bits per heavy atom. The van der Waals surface area contributed by atoms with E-state index in [-0.39, 0.29) is 18.9 Å². The van der Waals surface area contributed by atoms with E-state index >= 15 is 19.2 Å². The number of amides is 4. The molecule has 0 saturated carbocycles. The number of esters is 2. The van der Waals surface area contributed by atoms with Crippen LogP contribution < -0.4 is 15.0 Å². The van der Waals surface area contributed by atoms with E-state index in [1.54, 1.807) is 44.2 Å². The Morgan fingerprint density at radius 1 is 0.814 bits per heavy atom. The Balaban J connectivity index is 1.37. The predicted molar refractivity (Wildman–Crippen MR) is 263 cm³/mol. The molecule has 2 N–H and O–H groups in total. The number of ether oxygens (including phenoxy) is 3. The number of anilines is 1. The highest BCUT2D eigenvalue weighted by molar-refractivity contribution is 6.25. The van der Waals surface area contributed by atoms with Crippen molar-refractivity contribution in [2.24, 2.45) is 11.8 Å². The number of fused-ring (bicyclic) bond motifs is 3. The second kappa shape index (κ2) is 21.1. The largest absolute Gasteiger partial charge is 0.491 e. The summed E-state index contributed by atoms with van der Waals surface area (Å²) in [6, 6.07) is 26.3. The van der Waals surface area contributed by atoms with E-state index in [4.69, 9.17) is 14.2 Å².